The van der Waals surface area contributed by atoms with Crippen molar-refractivity contribution in [1.82, 2.24) is 14.8 Å². The molecule has 0 fully saturated rings. The number of thioether (sulfide) groups is 1. The monoisotopic (exact) mass is 476 g/mol. The maximum atomic E-state index is 12.6. The van der Waals surface area contributed by atoms with Crippen LogP contribution in [-0.4, -0.2) is 32.2 Å². The number of hydrogen-bond acceptors (Lipinski definition) is 6. The fourth-order valence-electron chi connectivity index (χ4n) is 3.45. The highest BCUT2D eigenvalue weighted by Gasteiger charge is 2.16. The quantitative estimate of drug-likeness (QED) is 0.254. The number of Topliss-reactive ketones (excluding diaryl/α,β-unsaturated/α-hetero) is 1. The molecule has 4 aromatic rings. The second kappa shape index (κ2) is 11.1. The minimum Gasteiger partial charge on any atom is -0.325 e. The molecule has 0 radical (unpaired) electrons. The van der Waals surface area contributed by atoms with Gasteiger partial charge in [0.05, 0.1) is 11.4 Å². The largest absolute Gasteiger partial charge is 0.325 e. The summed E-state index contributed by atoms with van der Waals surface area (Å²) in [6.07, 6.45) is 1.56. The Morgan fingerprint density at radius 3 is 2.55 bits per heavy atom. The highest BCUT2D eigenvalue weighted by atomic mass is 32.2. The smallest absolute Gasteiger partial charge is 0.234 e. The first-order chi connectivity index (χ1) is 16.1. The summed E-state index contributed by atoms with van der Waals surface area (Å²) in [5.74, 6) is 0.788. The minimum atomic E-state index is -0.189. The van der Waals surface area contributed by atoms with Gasteiger partial charge < -0.3 is 9.88 Å². The molecule has 0 aliphatic heterocycles. The number of aryl methyl sites for hydroxylation is 1. The van der Waals surface area contributed by atoms with Crippen molar-refractivity contribution in [2.45, 2.75) is 31.5 Å². The van der Waals surface area contributed by atoms with Crippen LogP contribution in [0.1, 0.15) is 33.5 Å². The van der Waals surface area contributed by atoms with Crippen molar-refractivity contribution in [2.75, 3.05) is 11.1 Å². The molecule has 0 unspecified atom stereocenters. The van der Waals surface area contributed by atoms with Crippen LogP contribution in [0.3, 0.4) is 0 Å². The molecule has 1 N–H and O–H groups in total. The minimum absolute atomic E-state index is 0.0857. The van der Waals surface area contributed by atoms with Gasteiger partial charge in [-0.15, -0.1) is 21.5 Å². The number of rotatable bonds is 10. The third-order valence-corrected chi connectivity index (χ3v) is 6.93. The summed E-state index contributed by atoms with van der Waals surface area (Å²) in [6, 6.07) is 21.4. The number of carbonyl (C=O) groups is 2. The molecule has 0 saturated heterocycles. The first-order valence-corrected chi connectivity index (χ1v) is 12.5. The van der Waals surface area contributed by atoms with Crippen molar-refractivity contribution in [3.8, 4) is 0 Å². The first kappa shape index (κ1) is 22.9. The van der Waals surface area contributed by atoms with Crippen molar-refractivity contribution < 1.29 is 9.59 Å². The lowest BCUT2D eigenvalue weighted by molar-refractivity contribution is -0.113. The fourth-order valence-corrected chi connectivity index (χ4v) is 4.94. The molecular formula is C25H24N4O2S2. The lowest BCUT2D eigenvalue weighted by atomic mass is 10.1. The molecule has 0 bridgehead atoms. The Morgan fingerprint density at radius 2 is 1.79 bits per heavy atom. The zero-order chi connectivity index (χ0) is 23.0. The number of thiophene rings is 1. The van der Waals surface area contributed by atoms with Crippen molar-refractivity contribution >= 4 is 40.5 Å². The van der Waals surface area contributed by atoms with Crippen LogP contribution >= 0.6 is 23.1 Å². The second-order valence-electron chi connectivity index (χ2n) is 7.48. The highest BCUT2D eigenvalue weighted by Crippen LogP contribution is 2.22. The molecule has 2 heterocycles. The summed E-state index contributed by atoms with van der Waals surface area (Å²) in [5.41, 5.74) is 2.27. The van der Waals surface area contributed by atoms with Crippen molar-refractivity contribution in [3.05, 3.63) is 93.9 Å². The van der Waals surface area contributed by atoms with E-state index in [1.54, 1.807) is 35.6 Å². The molecule has 4 rings (SSSR count). The van der Waals surface area contributed by atoms with Gasteiger partial charge in [0.25, 0.3) is 0 Å². The van der Waals surface area contributed by atoms with E-state index in [2.05, 4.69) is 43.7 Å². The van der Waals surface area contributed by atoms with Crippen LogP contribution in [0.15, 0.2) is 77.3 Å². The Bertz CT molecular complexity index is 1220. The van der Waals surface area contributed by atoms with E-state index in [0.717, 1.165) is 18.8 Å². The van der Waals surface area contributed by atoms with E-state index in [4.69, 9.17) is 0 Å². The summed E-state index contributed by atoms with van der Waals surface area (Å²) in [5, 5.41) is 14.4. The standard InChI is InChI=1S/C25H24N4O2S2/c1-18(30)21-11-5-6-12-22(21)26-24(31)17-33-25-28-27-23(16-20-10-7-15-32-20)29(25)14-13-19-8-3-2-4-9-19/h2-12,15H,13-14,16-17H2,1H3,(H,26,31). The summed E-state index contributed by atoms with van der Waals surface area (Å²) >= 11 is 3.05. The van der Waals surface area contributed by atoms with E-state index in [0.29, 0.717) is 22.8 Å². The molecule has 2 aromatic carbocycles. The molecule has 0 aliphatic carbocycles. The molecule has 0 aliphatic rings. The summed E-state index contributed by atoms with van der Waals surface area (Å²) in [6.45, 7) is 2.22. The normalized spacial score (nSPS) is 10.8. The van der Waals surface area contributed by atoms with Crippen LogP contribution in [0.25, 0.3) is 0 Å². The average Bonchev–Trinajstić information content (AvgIpc) is 3.47. The number of nitrogens with zero attached hydrogens (tertiary/aromatic N) is 3. The predicted octanol–water partition coefficient (Wildman–Crippen LogP) is 5.11. The summed E-state index contributed by atoms with van der Waals surface area (Å²) in [4.78, 5) is 25.7. The first-order valence-electron chi connectivity index (χ1n) is 10.6. The fraction of sp³-hybridized carbons (Fsp3) is 0.200. The SMILES string of the molecule is CC(=O)c1ccccc1NC(=O)CSc1nnc(Cc2cccs2)n1CCc1ccccc1. The van der Waals surface area contributed by atoms with E-state index < -0.39 is 0 Å². The number of para-hydroxylation sites is 1. The lowest BCUT2D eigenvalue weighted by Crippen LogP contribution is -2.17. The summed E-state index contributed by atoms with van der Waals surface area (Å²) in [7, 11) is 0. The van der Waals surface area contributed by atoms with Crippen molar-refractivity contribution in [3.63, 3.8) is 0 Å². The van der Waals surface area contributed by atoms with Gasteiger partial charge in [0.15, 0.2) is 10.9 Å². The Morgan fingerprint density at radius 1 is 1.00 bits per heavy atom. The molecule has 168 valence electrons. The van der Waals surface area contributed by atoms with Crippen LogP contribution in [0, 0.1) is 0 Å². The van der Waals surface area contributed by atoms with E-state index in [-0.39, 0.29) is 17.4 Å². The van der Waals surface area contributed by atoms with E-state index in [9.17, 15) is 9.59 Å². The predicted molar refractivity (Wildman–Crippen MR) is 133 cm³/mol. The number of ketones is 1. The number of amides is 1. The molecule has 0 saturated carbocycles. The molecule has 8 heteroatoms. The number of aromatic nitrogens is 3. The van der Waals surface area contributed by atoms with Gasteiger partial charge in [-0.05, 0) is 42.5 Å². The number of hydrogen-bond donors (Lipinski definition) is 1. The Balaban J connectivity index is 1.46. The van der Waals surface area contributed by atoms with E-state index in [1.807, 2.05) is 24.3 Å². The average molecular weight is 477 g/mol. The van der Waals surface area contributed by atoms with Gasteiger partial charge in [-0.2, -0.15) is 0 Å². The zero-order valence-electron chi connectivity index (χ0n) is 18.2. The third kappa shape index (κ3) is 6.18. The van der Waals surface area contributed by atoms with Crippen LogP contribution in [-0.2, 0) is 24.2 Å². The van der Waals surface area contributed by atoms with E-state index >= 15 is 0 Å². The van der Waals surface area contributed by atoms with Crippen LogP contribution in [0.4, 0.5) is 5.69 Å². The third-order valence-electron chi connectivity index (χ3n) is 5.09. The Hall–Kier alpha value is -3.23. The molecule has 0 atom stereocenters. The molecular weight excluding hydrogens is 452 g/mol. The number of nitrogens with one attached hydrogen (secondary N) is 1. The van der Waals surface area contributed by atoms with Gasteiger partial charge in [-0.1, -0.05) is 60.3 Å². The van der Waals surface area contributed by atoms with Gasteiger partial charge in [-0.25, -0.2) is 0 Å². The zero-order valence-corrected chi connectivity index (χ0v) is 19.9. The van der Waals surface area contributed by atoms with Crippen LogP contribution in [0.2, 0.25) is 0 Å². The second-order valence-corrected chi connectivity index (χ2v) is 9.46. The lowest BCUT2D eigenvalue weighted by Gasteiger charge is -2.11. The number of anilines is 1. The van der Waals surface area contributed by atoms with Crippen LogP contribution < -0.4 is 5.32 Å². The topological polar surface area (TPSA) is 76.9 Å². The molecule has 0 spiro atoms. The van der Waals surface area contributed by atoms with Gasteiger partial charge in [0.1, 0.15) is 5.82 Å². The molecule has 1 amide bonds. The van der Waals surface area contributed by atoms with Gasteiger partial charge in [0, 0.05) is 23.4 Å². The van der Waals surface area contributed by atoms with Gasteiger partial charge in [0.2, 0.25) is 5.91 Å². The Labute approximate surface area is 201 Å². The van der Waals surface area contributed by atoms with Gasteiger partial charge in [-0.3, -0.25) is 9.59 Å². The van der Waals surface area contributed by atoms with E-state index in [1.165, 1.54) is 29.1 Å². The van der Waals surface area contributed by atoms with Crippen molar-refractivity contribution in [1.29, 1.82) is 0 Å². The summed E-state index contributed by atoms with van der Waals surface area (Å²) < 4.78 is 2.11. The van der Waals surface area contributed by atoms with Crippen LogP contribution in [0.5, 0.6) is 0 Å². The highest BCUT2D eigenvalue weighted by molar-refractivity contribution is 7.99. The number of carbonyl (C=O) groups excluding carboxylic acids is 2. The molecule has 2 aromatic heterocycles. The maximum absolute atomic E-state index is 12.6. The molecule has 6 nitrogen and oxygen atoms in total. The van der Waals surface area contributed by atoms with Crippen molar-refractivity contribution in [2.24, 2.45) is 0 Å². The number of benzene rings is 2. The van der Waals surface area contributed by atoms with Gasteiger partial charge >= 0.3 is 0 Å². The molecule has 33 heavy (non-hydrogen) atoms. The maximum Gasteiger partial charge on any atom is 0.234 e. The Kier molecular flexibility index (Phi) is 7.70.